The molecule has 0 unspecified atom stereocenters. The Bertz CT molecular complexity index is 922. The van der Waals surface area contributed by atoms with E-state index in [4.69, 9.17) is 9.47 Å². The summed E-state index contributed by atoms with van der Waals surface area (Å²) in [7, 11) is 3.17. The number of carbonyl (C=O) groups excluding carboxylic acids is 1. The summed E-state index contributed by atoms with van der Waals surface area (Å²) < 4.78 is 10.7. The highest BCUT2D eigenvalue weighted by atomic mass is 16.5. The van der Waals surface area contributed by atoms with Gasteiger partial charge in [-0.25, -0.2) is 4.99 Å². The first-order chi connectivity index (χ1) is 12.7. The number of rotatable bonds is 3. The number of ether oxygens (including phenoxy) is 2. The van der Waals surface area contributed by atoms with Crippen molar-refractivity contribution in [1.82, 2.24) is 10.2 Å². The summed E-state index contributed by atoms with van der Waals surface area (Å²) in [5.41, 5.74) is 2.12. The molecule has 0 fully saturated rings. The van der Waals surface area contributed by atoms with E-state index in [1.54, 1.807) is 32.4 Å². The van der Waals surface area contributed by atoms with Gasteiger partial charge in [-0.05, 0) is 18.2 Å². The average molecular weight is 350 g/mol. The fourth-order valence-electron chi connectivity index (χ4n) is 3.06. The van der Waals surface area contributed by atoms with Gasteiger partial charge in [-0.3, -0.25) is 20.0 Å². The van der Waals surface area contributed by atoms with Crippen LogP contribution in [0, 0.1) is 0 Å². The Labute approximate surface area is 151 Å². The molecule has 1 amide bonds. The summed E-state index contributed by atoms with van der Waals surface area (Å²) in [6, 6.07) is 12.7. The lowest BCUT2D eigenvalue weighted by Gasteiger charge is -2.28. The molecule has 26 heavy (non-hydrogen) atoms. The normalized spacial score (nSPS) is 14.8. The van der Waals surface area contributed by atoms with Crippen LogP contribution in [0.2, 0.25) is 0 Å². The minimum absolute atomic E-state index is 0.209. The third kappa shape index (κ3) is 2.67. The lowest BCUT2D eigenvalue weighted by atomic mass is 10.1. The third-order valence-electron chi connectivity index (χ3n) is 4.33. The van der Waals surface area contributed by atoms with Crippen molar-refractivity contribution in [2.24, 2.45) is 9.98 Å². The fraction of sp³-hybridized carbons (Fsp3) is 0.211. The molecule has 2 heterocycles. The summed E-state index contributed by atoms with van der Waals surface area (Å²) in [4.78, 5) is 23.7. The molecule has 7 nitrogen and oxygen atoms in total. The van der Waals surface area contributed by atoms with Crippen LogP contribution in [0.25, 0.3) is 0 Å². The molecule has 2 aromatic carbocycles. The van der Waals surface area contributed by atoms with Crippen molar-refractivity contribution in [1.29, 1.82) is 0 Å². The highest BCUT2D eigenvalue weighted by molar-refractivity contribution is 6.19. The topological polar surface area (TPSA) is 75.5 Å². The molecule has 1 N–H and O–H groups in total. The van der Waals surface area contributed by atoms with Crippen LogP contribution in [-0.4, -0.2) is 49.9 Å². The van der Waals surface area contributed by atoms with Crippen molar-refractivity contribution in [2.75, 3.05) is 27.3 Å². The molecule has 0 bridgehead atoms. The van der Waals surface area contributed by atoms with E-state index in [2.05, 4.69) is 15.3 Å². The highest BCUT2D eigenvalue weighted by Crippen LogP contribution is 2.38. The maximum absolute atomic E-state index is 12.5. The van der Waals surface area contributed by atoms with Crippen LogP contribution < -0.4 is 14.8 Å². The Morgan fingerprint density at radius 3 is 2.58 bits per heavy atom. The van der Waals surface area contributed by atoms with Crippen molar-refractivity contribution < 1.29 is 14.3 Å². The third-order valence-corrected chi connectivity index (χ3v) is 4.33. The van der Waals surface area contributed by atoms with Gasteiger partial charge >= 0.3 is 0 Å². The van der Waals surface area contributed by atoms with Crippen LogP contribution in [0.3, 0.4) is 0 Å². The molecule has 0 radical (unpaired) electrons. The second kappa shape index (κ2) is 6.51. The van der Waals surface area contributed by atoms with Gasteiger partial charge in [-0.15, -0.1) is 0 Å². The summed E-state index contributed by atoms with van der Waals surface area (Å²) in [6.07, 6.45) is 0. The van der Waals surface area contributed by atoms with Crippen LogP contribution >= 0.6 is 0 Å². The molecule has 0 spiro atoms. The fourth-order valence-corrected chi connectivity index (χ4v) is 3.06. The number of methoxy groups -OCH3 is 2. The lowest BCUT2D eigenvalue weighted by molar-refractivity contribution is 0.0974. The van der Waals surface area contributed by atoms with Crippen LogP contribution in [0.4, 0.5) is 5.69 Å². The van der Waals surface area contributed by atoms with E-state index in [9.17, 15) is 4.79 Å². The summed E-state index contributed by atoms with van der Waals surface area (Å²) >= 11 is 0. The van der Waals surface area contributed by atoms with E-state index < -0.39 is 0 Å². The maximum atomic E-state index is 12.5. The molecule has 0 aromatic heterocycles. The number of guanidine groups is 1. The molecule has 0 saturated heterocycles. The van der Waals surface area contributed by atoms with Gasteiger partial charge in [0.25, 0.3) is 5.91 Å². The average Bonchev–Trinajstić information content (AvgIpc) is 3.18. The zero-order chi connectivity index (χ0) is 18.1. The molecule has 2 aliphatic heterocycles. The van der Waals surface area contributed by atoms with Crippen LogP contribution in [0.1, 0.15) is 15.9 Å². The first-order valence-corrected chi connectivity index (χ1v) is 8.24. The smallest absolute Gasteiger partial charge is 0.257 e. The number of amidine groups is 1. The van der Waals surface area contributed by atoms with Crippen LogP contribution in [0.15, 0.2) is 52.4 Å². The van der Waals surface area contributed by atoms with Crippen molar-refractivity contribution in [2.45, 2.75) is 0 Å². The van der Waals surface area contributed by atoms with Gasteiger partial charge in [-0.1, -0.05) is 18.2 Å². The molecule has 4 rings (SSSR count). The Hall–Kier alpha value is -3.35. The largest absolute Gasteiger partial charge is 0.493 e. The number of amides is 1. The van der Waals surface area contributed by atoms with Gasteiger partial charge in [-0.2, -0.15) is 0 Å². The molecular formula is C19H18N4O3. The quantitative estimate of drug-likeness (QED) is 0.921. The number of hydrogen-bond acceptors (Lipinski definition) is 6. The van der Waals surface area contributed by atoms with Gasteiger partial charge in [0.1, 0.15) is 5.84 Å². The van der Waals surface area contributed by atoms with Crippen molar-refractivity contribution in [3.05, 3.63) is 53.6 Å². The van der Waals surface area contributed by atoms with Crippen molar-refractivity contribution in [3.63, 3.8) is 0 Å². The van der Waals surface area contributed by atoms with Crippen LogP contribution in [-0.2, 0) is 0 Å². The predicted octanol–water partition coefficient (Wildman–Crippen LogP) is 2.20. The maximum Gasteiger partial charge on any atom is 0.257 e. The molecule has 132 valence electrons. The number of nitrogens with zero attached hydrogens (tertiary/aromatic N) is 3. The van der Waals surface area contributed by atoms with Gasteiger partial charge < -0.3 is 9.47 Å². The standard InChI is InChI=1S/C19H18N4O3/c1-25-15-10-13-14(11-16(15)26-2)21-19(23-9-8-20-17(13)23)22-18(24)12-6-4-3-5-7-12/h3-7,10-11H,8-9H2,1-2H3,(H,21,22,24). The zero-order valence-electron chi connectivity index (χ0n) is 14.5. The molecule has 0 atom stereocenters. The first kappa shape index (κ1) is 16.1. The Morgan fingerprint density at radius 2 is 1.85 bits per heavy atom. The Kier molecular flexibility index (Phi) is 4.04. The summed E-state index contributed by atoms with van der Waals surface area (Å²) in [5, 5.41) is 2.90. The number of benzene rings is 2. The van der Waals surface area contributed by atoms with E-state index in [0.29, 0.717) is 41.8 Å². The molecule has 2 aliphatic rings. The number of carbonyl (C=O) groups is 1. The second-order valence-corrected chi connectivity index (χ2v) is 5.84. The van der Waals surface area contributed by atoms with Crippen LogP contribution in [0.5, 0.6) is 11.5 Å². The predicted molar refractivity (Wildman–Crippen MR) is 98.7 cm³/mol. The van der Waals surface area contributed by atoms with Gasteiger partial charge in [0.2, 0.25) is 5.96 Å². The molecule has 7 heteroatoms. The highest BCUT2D eigenvalue weighted by Gasteiger charge is 2.31. The van der Waals surface area contributed by atoms with Crippen molar-refractivity contribution >= 4 is 23.4 Å². The van der Waals surface area contributed by atoms with E-state index in [0.717, 1.165) is 11.4 Å². The zero-order valence-corrected chi connectivity index (χ0v) is 14.5. The monoisotopic (exact) mass is 350 g/mol. The summed E-state index contributed by atoms with van der Waals surface area (Å²) in [5.74, 6) is 2.23. The van der Waals surface area contributed by atoms with E-state index in [1.165, 1.54) is 0 Å². The van der Waals surface area contributed by atoms with Gasteiger partial charge in [0.15, 0.2) is 11.5 Å². The minimum atomic E-state index is -0.209. The second-order valence-electron chi connectivity index (χ2n) is 5.84. The molecule has 0 aliphatic carbocycles. The molecule has 0 saturated carbocycles. The number of nitrogens with one attached hydrogen (secondary N) is 1. The first-order valence-electron chi connectivity index (χ1n) is 8.24. The minimum Gasteiger partial charge on any atom is -0.493 e. The van der Waals surface area contributed by atoms with E-state index in [1.807, 2.05) is 29.2 Å². The Balaban J connectivity index is 1.74. The lowest BCUT2D eigenvalue weighted by Crippen LogP contribution is -2.47. The van der Waals surface area contributed by atoms with Crippen molar-refractivity contribution in [3.8, 4) is 11.5 Å². The van der Waals surface area contributed by atoms with Gasteiger partial charge in [0, 0.05) is 23.7 Å². The van der Waals surface area contributed by atoms with Gasteiger partial charge in [0.05, 0.1) is 26.5 Å². The molecule has 2 aromatic rings. The number of hydrogen-bond donors (Lipinski definition) is 1. The van der Waals surface area contributed by atoms with E-state index in [-0.39, 0.29) is 5.91 Å². The number of aliphatic imine (C=N–C) groups is 2. The SMILES string of the molecule is COc1cc2c(cc1OC)C1=NCCN1C(NC(=O)c1ccccc1)=N2. The molecular weight excluding hydrogens is 332 g/mol. The van der Waals surface area contributed by atoms with E-state index >= 15 is 0 Å². The number of fused-ring (bicyclic) bond motifs is 3. The Morgan fingerprint density at radius 1 is 1.12 bits per heavy atom. The summed E-state index contributed by atoms with van der Waals surface area (Å²) in [6.45, 7) is 1.31.